The molecule has 0 bridgehead atoms. The highest BCUT2D eigenvalue weighted by Gasteiger charge is 2.24. The van der Waals surface area contributed by atoms with Crippen molar-refractivity contribution < 1.29 is 17.6 Å². The third-order valence-electron chi connectivity index (χ3n) is 4.99. The first-order chi connectivity index (χ1) is 15.6. The number of aryl methyl sites for hydroxylation is 1. The highest BCUT2D eigenvalue weighted by Crippen LogP contribution is 2.33. The van der Waals surface area contributed by atoms with Crippen LogP contribution in [0.5, 0.6) is 5.75 Å². The van der Waals surface area contributed by atoms with Crippen LogP contribution in [0.2, 0.25) is 5.15 Å². The van der Waals surface area contributed by atoms with Crippen molar-refractivity contribution in [3.05, 3.63) is 74.9 Å². The Labute approximate surface area is 194 Å². The van der Waals surface area contributed by atoms with Gasteiger partial charge in [-0.2, -0.15) is 0 Å². The van der Waals surface area contributed by atoms with Crippen molar-refractivity contribution in [1.82, 2.24) is 15.0 Å². The zero-order valence-corrected chi connectivity index (χ0v) is 19.4. The smallest absolute Gasteiger partial charge is 0.259 e. The first kappa shape index (κ1) is 22.8. The van der Waals surface area contributed by atoms with Crippen LogP contribution in [0.3, 0.4) is 0 Å². The normalized spacial score (nSPS) is 12.6. The van der Waals surface area contributed by atoms with Gasteiger partial charge < -0.3 is 9.15 Å². The van der Waals surface area contributed by atoms with Gasteiger partial charge in [-0.3, -0.25) is 9.78 Å². The van der Waals surface area contributed by atoms with Gasteiger partial charge in [0.05, 0.1) is 11.6 Å². The molecule has 2 N–H and O–H groups in total. The number of sulfonamides is 1. The van der Waals surface area contributed by atoms with Crippen molar-refractivity contribution in [2.24, 2.45) is 5.14 Å². The monoisotopic (exact) mass is 486 g/mol. The molecule has 0 saturated heterocycles. The van der Waals surface area contributed by atoms with Gasteiger partial charge in [0, 0.05) is 23.5 Å². The number of halogens is 1. The van der Waals surface area contributed by atoms with E-state index < -0.39 is 21.2 Å². The van der Waals surface area contributed by atoms with Crippen molar-refractivity contribution in [3.8, 4) is 17.2 Å². The maximum absolute atomic E-state index is 13.2. The number of fused-ring (bicyclic) bond motifs is 1. The fourth-order valence-corrected chi connectivity index (χ4v) is 4.30. The Balaban J connectivity index is 1.90. The first-order valence-electron chi connectivity index (χ1n) is 9.76. The Morgan fingerprint density at radius 1 is 1.18 bits per heavy atom. The largest absolute Gasteiger partial charge is 0.483 e. The second-order valence-electron chi connectivity index (χ2n) is 7.45. The van der Waals surface area contributed by atoms with Gasteiger partial charge in [0.1, 0.15) is 22.5 Å². The Bertz CT molecular complexity index is 1540. The molecule has 3 aromatic heterocycles. The summed E-state index contributed by atoms with van der Waals surface area (Å²) in [7, 11) is -4.20. The third kappa shape index (κ3) is 4.45. The number of nitrogens with zero attached hydrogens (tertiary/aromatic N) is 3. The number of benzene rings is 1. The predicted octanol–water partition coefficient (Wildman–Crippen LogP) is 3.70. The molecular weight excluding hydrogens is 468 g/mol. The van der Waals surface area contributed by atoms with E-state index in [4.69, 9.17) is 25.9 Å². The lowest BCUT2D eigenvalue weighted by Crippen LogP contribution is -2.17. The van der Waals surface area contributed by atoms with E-state index in [9.17, 15) is 13.2 Å². The van der Waals surface area contributed by atoms with E-state index in [1.807, 2.05) is 6.92 Å². The molecule has 0 unspecified atom stereocenters. The fraction of sp³-hybridized carbons (Fsp3) is 0.182. The molecule has 0 saturated carbocycles. The molecule has 1 atom stereocenters. The number of primary sulfonamides is 1. The molecule has 0 aliphatic heterocycles. The van der Waals surface area contributed by atoms with Gasteiger partial charge in [-0.05, 0) is 50.6 Å². The molecule has 0 amide bonds. The summed E-state index contributed by atoms with van der Waals surface area (Å²) in [5.41, 5.74) is 2.21. The summed E-state index contributed by atoms with van der Waals surface area (Å²) in [5, 5.41) is 5.11. The highest BCUT2D eigenvalue weighted by molar-refractivity contribution is 7.89. The molecule has 1 aromatic carbocycles. The molecule has 4 rings (SSSR count). The van der Waals surface area contributed by atoms with Crippen LogP contribution in [0, 0.1) is 13.8 Å². The molecule has 4 aromatic rings. The highest BCUT2D eigenvalue weighted by atomic mass is 35.5. The van der Waals surface area contributed by atoms with Gasteiger partial charge in [-0.15, -0.1) is 0 Å². The number of hydrogen-bond donors (Lipinski definition) is 1. The number of nitrogens with two attached hydrogens (primary N) is 1. The van der Waals surface area contributed by atoms with E-state index in [1.54, 1.807) is 26.0 Å². The van der Waals surface area contributed by atoms with Gasteiger partial charge in [-0.25, -0.2) is 23.5 Å². The lowest BCUT2D eigenvalue weighted by molar-refractivity contribution is 0.219. The van der Waals surface area contributed by atoms with Crippen molar-refractivity contribution in [2.75, 3.05) is 0 Å². The molecular formula is C22H19ClN4O5S. The maximum Gasteiger partial charge on any atom is 0.259 e. The van der Waals surface area contributed by atoms with Crippen molar-refractivity contribution in [3.63, 3.8) is 0 Å². The van der Waals surface area contributed by atoms with Crippen LogP contribution < -0.4 is 15.3 Å². The summed E-state index contributed by atoms with van der Waals surface area (Å²) in [6, 6.07) is 6.29. The molecule has 0 aliphatic carbocycles. The molecule has 0 spiro atoms. The summed E-state index contributed by atoms with van der Waals surface area (Å²) in [6.07, 6.45) is 3.79. The van der Waals surface area contributed by atoms with E-state index in [1.165, 1.54) is 30.7 Å². The first-order valence-corrected chi connectivity index (χ1v) is 11.7. The molecule has 3 heterocycles. The van der Waals surface area contributed by atoms with Gasteiger partial charge in [-0.1, -0.05) is 11.6 Å². The Kier molecular flexibility index (Phi) is 5.91. The SMILES string of the molecule is Cc1cc([C@@H](C)Oc2ccc(Cl)nc2S(N)(=O)=O)c2oc(-c3cnccn3)c(C)c(=O)c2c1. The summed E-state index contributed by atoms with van der Waals surface area (Å²) in [6.45, 7) is 5.19. The minimum atomic E-state index is -4.20. The number of rotatable bonds is 5. The molecule has 0 aliphatic rings. The van der Waals surface area contributed by atoms with Crippen LogP contribution in [0.15, 0.2) is 57.1 Å². The topological polar surface area (TPSA) is 138 Å². The standard InChI is InChI=1S/C22H19ClN4O5S/c1-11-8-14(13(3)31-17-4-5-18(23)27-22(17)33(24,29)30)21-15(9-11)19(28)12(2)20(32-21)16-10-25-6-7-26-16/h4-10,13H,1-3H3,(H2,24,29,30)/t13-/m1/s1. The lowest BCUT2D eigenvalue weighted by atomic mass is 10.0. The Morgan fingerprint density at radius 2 is 1.94 bits per heavy atom. The molecule has 9 nitrogen and oxygen atoms in total. The number of hydrogen-bond acceptors (Lipinski definition) is 8. The van der Waals surface area contributed by atoms with E-state index in [-0.39, 0.29) is 22.1 Å². The van der Waals surface area contributed by atoms with Gasteiger partial charge in [0.2, 0.25) is 5.03 Å². The summed E-state index contributed by atoms with van der Waals surface area (Å²) < 4.78 is 36.0. The predicted molar refractivity (Wildman–Crippen MR) is 123 cm³/mol. The van der Waals surface area contributed by atoms with Crippen LogP contribution in [0.25, 0.3) is 22.4 Å². The average Bonchev–Trinajstić information content (AvgIpc) is 2.77. The van der Waals surface area contributed by atoms with Crippen LogP contribution in [0.4, 0.5) is 0 Å². The Hall–Kier alpha value is -3.34. The summed E-state index contributed by atoms with van der Waals surface area (Å²) in [5.74, 6) is 0.212. The van der Waals surface area contributed by atoms with Crippen molar-refractivity contribution >= 4 is 32.6 Å². The van der Waals surface area contributed by atoms with E-state index >= 15 is 0 Å². The summed E-state index contributed by atoms with van der Waals surface area (Å²) >= 11 is 5.84. The second kappa shape index (κ2) is 8.54. The second-order valence-corrected chi connectivity index (χ2v) is 9.31. The Morgan fingerprint density at radius 3 is 2.61 bits per heavy atom. The maximum atomic E-state index is 13.2. The molecule has 0 radical (unpaired) electrons. The zero-order valence-electron chi connectivity index (χ0n) is 17.9. The van der Waals surface area contributed by atoms with Crippen molar-refractivity contribution in [2.45, 2.75) is 31.9 Å². The van der Waals surface area contributed by atoms with Gasteiger partial charge in [0.25, 0.3) is 10.0 Å². The van der Waals surface area contributed by atoms with E-state index in [0.717, 1.165) is 5.56 Å². The third-order valence-corrected chi connectivity index (χ3v) is 6.03. The molecule has 11 heteroatoms. The fourth-order valence-electron chi connectivity index (χ4n) is 3.48. The van der Waals surface area contributed by atoms with E-state index in [2.05, 4.69) is 15.0 Å². The lowest BCUT2D eigenvalue weighted by Gasteiger charge is -2.19. The average molecular weight is 487 g/mol. The number of pyridine rings is 1. The quantitative estimate of drug-likeness (QED) is 0.421. The van der Waals surface area contributed by atoms with Crippen LogP contribution >= 0.6 is 11.6 Å². The minimum absolute atomic E-state index is 0.0462. The molecule has 33 heavy (non-hydrogen) atoms. The molecule has 170 valence electrons. The van der Waals surface area contributed by atoms with E-state index in [0.29, 0.717) is 27.8 Å². The van der Waals surface area contributed by atoms with Crippen LogP contribution in [0.1, 0.15) is 29.7 Å². The number of ether oxygens (including phenoxy) is 1. The van der Waals surface area contributed by atoms with Crippen LogP contribution in [-0.4, -0.2) is 23.4 Å². The number of aromatic nitrogens is 3. The van der Waals surface area contributed by atoms with Gasteiger partial charge in [0.15, 0.2) is 16.9 Å². The van der Waals surface area contributed by atoms with Gasteiger partial charge >= 0.3 is 0 Å². The van der Waals surface area contributed by atoms with Crippen LogP contribution in [-0.2, 0) is 10.0 Å². The minimum Gasteiger partial charge on any atom is -0.483 e. The zero-order chi connectivity index (χ0) is 23.9. The molecule has 0 fully saturated rings. The van der Waals surface area contributed by atoms with Crippen molar-refractivity contribution in [1.29, 1.82) is 0 Å². The summed E-state index contributed by atoms with van der Waals surface area (Å²) in [4.78, 5) is 25.2.